The Hall–Kier alpha value is -4.63. The number of carbonyl (C=O) groups excluding carboxylic acids is 1. The first kappa shape index (κ1) is 25.7. The summed E-state index contributed by atoms with van der Waals surface area (Å²) in [7, 11) is 6.97. The second-order valence-corrected chi connectivity index (χ2v) is 13.2. The van der Waals surface area contributed by atoms with Gasteiger partial charge in [0.25, 0.3) is 0 Å². The minimum absolute atomic E-state index is 0.0432. The van der Waals surface area contributed by atoms with Gasteiger partial charge in [-0.25, -0.2) is 0 Å². The van der Waals surface area contributed by atoms with Gasteiger partial charge in [0.15, 0.2) is 45.8 Å². The first-order chi connectivity index (χ1) is 21.9. The topological polar surface area (TPSA) is 89.9 Å². The quantitative estimate of drug-likeness (QED) is 0.435. The third kappa shape index (κ3) is 2.64. The van der Waals surface area contributed by atoms with Crippen molar-refractivity contribution in [2.45, 2.75) is 42.4 Å². The number of rotatable bonds is 3. The van der Waals surface area contributed by atoms with Crippen LogP contribution in [0.25, 0.3) is 11.3 Å². The van der Waals surface area contributed by atoms with E-state index in [4.69, 9.17) is 23.7 Å². The number of benzene rings is 3. The molecule has 3 aromatic carbocycles. The van der Waals surface area contributed by atoms with Gasteiger partial charge in [-0.3, -0.25) is 9.69 Å². The number of phenolic OH excluding ortho intramolecular Hbond substituents is 1. The Balaban J connectivity index is 1.28. The molecule has 0 saturated carbocycles. The van der Waals surface area contributed by atoms with Gasteiger partial charge in [-0.05, 0) is 79.9 Å². The van der Waals surface area contributed by atoms with Crippen molar-refractivity contribution >= 4 is 17.1 Å². The van der Waals surface area contributed by atoms with Gasteiger partial charge in [-0.15, -0.1) is 0 Å². The standard InChI is InChI=1S/C36H32N2O7/c1-37-14-12-35-20-16-36(34(35)45-32-24(43-4)9-6-18(27(32)35)15-21(20)37)33(40)26-19-7-10-22(41-2)29(39)30(19)44-31-23(42-3)8-5-17-11-13-38(36)28(26)25(17)31/h5-10,16,21,34,39H,11-15H2,1-4H3/t21-,34+,35-,36-/m1/s1. The molecule has 1 fully saturated rings. The lowest BCUT2D eigenvalue weighted by atomic mass is 9.60. The fourth-order valence-electron chi connectivity index (χ4n) is 9.76. The fraction of sp³-hybridized carbons (Fsp3) is 0.361. The van der Waals surface area contributed by atoms with E-state index in [1.165, 1.54) is 23.8 Å². The van der Waals surface area contributed by atoms with Crippen molar-refractivity contribution in [3.63, 3.8) is 0 Å². The number of piperidine rings is 1. The van der Waals surface area contributed by atoms with E-state index in [0.717, 1.165) is 42.0 Å². The number of Topliss-reactive ketones (excluding diaryl/α,β-unsaturated/α-hetero) is 1. The summed E-state index contributed by atoms with van der Waals surface area (Å²) in [4.78, 5) is 20.3. The Kier molecular flexibility index (Phi) is 4.65. The Morgan fingerprint density at radius 1 is 0.911 bits per heavy atom. The summed E-state index contributed by atoms with van der Waals surface area (Å²) in [6.07, 6.45) is 4.21. The minimum atomic E-state index is -1.10. The van der Waals surface area contributed by atoms with Crippen LogP contribution in [0.5, 0.6) is 40.2 Å². The molecule has 10 rings (SSSR count). The summed E-state index contributed by atoms with van der Waals surface area (Å²) in [5.41, 5.74) is 5.96. The maximum Gasteiger partial charge on any atom is 0.202 e. The highest BCUT2D eigenvalue weighted by molar-refractivity contribution is 6.37. The maximum atomic E-state index is 15.6. The summed E-state index contributed by atoms with van der Waals surface area (Å²) < 4.78 is 30.8. The molecule has 1 N–H and O–H groups in total. The van der Waals surface area contributed by atoms with Crippen LogP contribution in [0.15, 0.2) is 48.0 Å². The number of hydrogen-bond acceptors (Lipinski definition) is 9. The van der Waals surface area contributed by atoms with E-state index in [0.29, 0.717) is 41.4 Å². The molecule has 1 saturated heterocycles. The van der Waals surface area contributed by atoms with Gasteiger partial charge < -0.3 is 33.7 Å². The Morgan fingerprint density at radius 3 is 2.42 bits per heavy atom. The third-order valence-corrected chi connectivity index (χ3v) is 11.6. The number of likely N-dealkylation sites (N-methyl/N-ethyl adjacent to an activating group) is 1. The highest BCUT2D eigenvalue weighted by atomic mass is 16.5. The smallest absolute Gasteiger partial charge is 0.202 e. The molecule has 0 amide bonds. The van der Waals surface area contributed by atoms with Crippen LogP contribution in [0, 0.1) is 0 Å². The minimum Gasteiger partial charge on any atom is -0.502 e. The SMILES string of the molecule is COc1ccc2c(c1O)Oc1c(OC)ccc3c1C1=C2C(=O)[C@@]2(C=C4[C@H]5Cc6ccc(OC)c7c6[C@]4(CCN5C)[C@@H]2O7)N1CC3. The van der Waals surface area contributed by atoms with Crippen LogP contribution in [-0.4, -0.2) is 79.8 Å². The number of hydrogen-bond donors (Lipinski definition) is 1. The van der Waals surface area contributed by atoms with Crippen molar-refractivity contribution in [2.24, 2.45) is 0 Å². The van der Waals surface area contributed by atoms with E-state index in [1.54, 1.807) is 20.3 Å². The van der Waals surface area contributed by atoms with Crippen LogP contribution in [0.4, 0.5) is 0 Å². The van der Waals surface area contributed by atoms with Crippen LogP contribution in [0.1, 0.15) is 34.2 Å². The molecular formula is C36H32N2O7. The van der Waals surface area contributed by atoms with Gasteiger partial charge in [0.05, 0.1) is 38.0 Å². The van der Waals surface area contributed by atoms with Crippen molar-refractivity contribution in [2.75, 3.05) is 41.5 Å². The highest BCUT2D eigenvalue weighted by Gasteiger charge is 2.75. The highest BCUT2D eigenvalue weighted by Crippen LogP contribution is 2.70. The van der Waals surface area contributed by atoms with Crippen LogP contribution < -0.4 is 23.7 Å². The number of methoxy groups -OCH3 is 3. The fourth-order valence-corrected chi connectivity index (χ4v) is 9.76. The van der Waals surface area contributed by atoms with Crippen molar-refractivity contribution in [3.8, 4) is 40.2 Å². The Morgan fingerprint density at radius 2 is 1.64 bits per heavy atom. The van der Waals surface area contributed by atoms with E-state index in [1.807, 2.05) is 18.2 Å². The second kappa shape index (κ2) is 8.14. The number of aromatic hydroxyl groups is 1. The number of ether oxygens (including phenoxy) is 5. The molecule has 228 valence electrons. The van der Waals surface area contributed by atoms with Crippen LogP contribution >= 0.6 is 0 Å². The average molecular weight is 605 g/mol. The zero-order chi connectivity index (χ0) is 30.6. The monoisotopic (exact) mass is 604 g/mol. The molecule has 7 aliphatic rings. The van der Waals surface area contributed by atoms with Gasteiger partial charge in [0.2, 0.25) is 5.75 Å². The van der Waals surface area contributed by atoms with E-state index in [9.17, 15) is 5.11 Å². The lowest BCUT2D eigenvalue weighted by molar-refractivity contribution is -0.124. The normalized spacial score (nSPS) is 29.0. The van der Waals surface area contributed by atoms with Crippen LogP contribution in [0.3, 0.4) is 0 Å². The predicted octanol–water partition coefficient (Wildman–Crippen LogP) is 4.47. The van der Waals surface area contributed by atoms with Gasteiger partial charge in [0, 0.05) is 29.3 Å². The van der Waals surface area contributed by atoms with Crippen molar-refractivity contribution < 1.29 is 33.6 Å². The van der Waals surface area contributed by atoms with Crippen molar-refractivity contribution in [1.29, 1.82) is 0 Å². The van der Waals surface area contributed by atoms with Gasteiger partial charge in [-0.2, -0.15) is 0 Å². The van der Waals surface area contributed by atoms with Crippen molar-refractivity contribution in [3.05, 3.63) is 75.9 Å². The molecule has 2 bridgehead atoms. The zero-order valence-corrected chi connectivity index (χ0v) is 25.5. The molecule has 45 heavy (non-hydrogen) atoms. The third-order valence-electron chi connectivity index (χ3n) is 11.6. The number of likely N-dealkylation sites (tertiary alicyclic amines) is 1. The number of phenols is 1. The van der Waals surface area contributed by atoms with E-state index in [2.05, 4.69) is 35.1 Å². The summed E-state index contributed by atoms with van der Waals surface area (Å²) in [5, 5.41) is 11.4. The number of nitrogens with zero attached hydrogens (tertiary/aromatic N) is 2. The molecular weight excluding hydrogens is 572 g/mol. The van der Waals surface area contributed by atoms with Crippen LogP contribution in [-0.2, 0) is 23.1 Å². The average Bonchev–Trinajstić information content (AvgIpc) is 3.59. The molecule has 2 spiro atoms. The first-order valence-corrected chi connectivity index (χ1v) is 15.5. The second-order valence-electron chi connectivity index (χ2n) is 13.2. The first-order valence-electron chi connectivity index (χ1n) is 15.5. The maximum absolute atomic E-state index is 15.6. The molecule has 0 aromatic heterocycles. The molecule has 0 radical (unpaired) electrons. The molecule has 2 aliphatic carbocycles. The molecule has 5 heterocycles. The summed E-state index contributed by atoms with van der Waals surface area (Å²) in [6, 6.07) is 11.8. The molecule has 9 nitrogen and oxygen atoms in total. The van der Waals surface area contributed by atoms with E-state index < -0.39 is 17.1 Å². The Labute approximate surface area is 260 Å². The van der Waals surface area contributed by atoms with Crippen LogP contribution in [0.2, 0.25) is 0 Å². The lowest BCUT2D eigenvalue weighted by Crippen LogP contribution is -2.63. The molecule has 0 unspecified atom stereocenters. The summed E-state index contributed by atoms with van der Waals surface area (Å²) in [6.45, 7) is 1.53. The molecule has 4 atom stereocenters. The van der Waals surface area contributed by atoms with Gasteiger partial charge in [0.1, 0.15) is 6.10 Å². The predicted molar refractivity (Wildman–Crippen MR) is 165 cm³/mol. The summed E-state index contributed by atoms with van der Waals surface area (Å²) in [5.74, 6) is 2.74. The Bertz CT molecular complexity index is 2000. The van der Waals surface area contributed by atoms with Crippen molar-refractivity contribution in [1.82, 2.24) is 9.80 Å². The number of ketones is 1. The molecule has 5 aliphatic heterocycles. The van der Waals surface area contributed by atoms with Gasteiger partial charge in [-0.1, -0.05) is 12.1 Å². The van der Waals surface area contributed by atoms with E-state index >= 15 is 4.79 Å². The molecule has 3 aromatic rings. The largest absolute Gasteiger partial charge is 0.502 e. The zero-order valence-electron chi connectivity index (χ0n) is 25.5. The number of fused-ring (bicyclic) bond motifs is 4. The van der Waals surface area contributed by atoms with Gasteiger partial charge >= 0.3 is 0 Å². The lowest BCUT2D eigenvalue weighted by Gasteiger charge is -2.50. The van der Waals surface area contributed by atoms with E-state index in [-0.39, 0.29) is 29.1 Å². The number of carbonyl (C=O) groups is 1. The summed E-state index contributed by atoms with van der Waals surface area (Å²) >= 11 is 0. The molecule has 9 heteroatoms.